The van der Waals surface area contributed by atoms with Gasteiger partial charge in [-0.1, -0.05) is 0 Å². The summed E-state index contributed by atoms with van der Waals surface area (Å²) in [7, 11) is 0. The molecule has 0 aromatic carbocycles. The van der Waals surface area contributed by atoms with Crippen molar-refractivity contribution in [2.75, 3.05) is 11.9 Å². The minimum atomic E-state index is -0.332. The Hall–Kier alpha value is -2.65. The van der Waals surface area contributed by atoms with Crippen LogP contribution in [-0.2, 0) is 27.2 Å². The van der Waals surface area contributed by atoms with Gasteiger partial charge in [0.15, 0.2) is 5.13 Å². The molecule has 0 aliphatic heterocycles. The lowest BCUT2D eigenvalue weighted by Crippen LogP contribution is -2.14. The summed E-state index contributed by atoms with van der Waals surface area (Å²) in [5.41, 5.74) is 2.19. The lowest BCUT2D eigenvalue weighted by molar-refractivity contribution is -0.142. The van der Waals surface area contributed by atoms with Crippen molar-refractivity contribution in [3.05, 3.63) is 46.7 Å². The first kappa shape index (κ1) is 18.2. The van der Waals surface area contributed by atoms with Crippen LogP contribution < -0.4 is 5.32 Å². The van der Waals surface area contributed by atoms with Crippen LogP contribution in [0.15, 0.2) is 35.3 Å². The molecule has 134 valence electrons. The molecule has 0 spiro atoms. The zero-order valence-electron chi connectivity index (χ0n) is 14.0. The summed E-state index contributed by atoms with van der Waals surface area (Å²) in [6, 6.07) is 3.77. The Bertz CT molecular complexity index is 892. The van der Waals surface area contributed by atoms with E-state index in [-0.39, 0.29) is 24.7 Å². The molecule has 1 N–H and O–H groups in total. The highest BCUT2D eigenvalue weighted by atomic mass is 32.1. The number of anilines is 1. The number of hydrogen-bond donors (Lipinski definition) is 1. The van der Waals surface area contributed by atoms with Gasteiger partial charge in [0.25, 0.3) is 0 Å². The van der Waals surface area contributed by atoms with Gasteiger partial charge in [-0.2, -0.15) is 0 Å². The fourth-order valence-electron chi connectivity index (χ4n) is 2.14. The average molecular weight is 388 g/mol. The monoisotopic (exact) mass is 388 g/mol. The Morgan fingerprint density at radius 1 is 1.15 bits per heavy atom. The number of esters is 1. The maximum atomic E-state index is 12.2. The first-order valence-electron chi connectivity index (χ1n) is 7.88. The number of carbonyl (C=O) groups is 2. The fraction of sp³-hybridized carbons (Fsp3) is 0.235. The Labute approximate surface area is 158 Å². The van der Waals surface area contributed by atoms with Gasteiger partial charge in [0.1, 0.15) is 5.01 Å². The quantitative estimate of drug-likeness (QED) is 0.626. The van der Waals surface area contributed by atoms with E-state index in [9.17, 15) is 9.59 Å². The zero-order valence-corrected chi connectivity index (χ0v) is 15.6. The van der Waals surface area contributed by atoms with Gasteiger partial charge in [-0.25, -0.2) is 9.97 Å². The molecule has 0 bridgehead atoms. The molecule has 3 aromatic rings. The molecule has 0 unspecified atom stereocenters. The fourth-order valence-corrected chi connectivity index (χ4v) is 3.68. The third-order valence-corrected chi connectivity index (χ3v) is 4.98. The number of pyridine rings is 1. The zero-order chi connectivity index (χ0) is 18.4. The van der Waals surface area contributed by atoms with Crippen LogP contribution in [0.5, 0.6) is 0 Å². The van der Waals surface area contributed by atoms with E-state index >= 15 is 0 Å². The predicted octanol–water partition coefficient (Wildman–Crippen LogP) is 2.95. The van der Waals surface area contributed by atoms with Crippen LogP contribution in [0.3, 0.4) is 0 Å². The minimum absolute atomic E-state index is 0.0980. The van der Waals surface area contributed by atoms with Crippen molar-refractivity contribution >= 4 is 39.7 Å². The van der Waals surface area contributed by atoms with Gasteiger partial charge >= 0.3 is 5.97 Å². The normalized spacial score (nSPS) is 10.5. The van der Waals surface area contributed by atoms with Crippen LogP contribution in [0.1, 0.15) is 18.3 Å². The van der Waals surface area contributed by atoms with E-state index < -0.39 is 0 Å². The average Bonchev–Trinajstić information content (AvgIpc) is 3.25. The molecule has 0 aliphatic rings. The van der Waals surface area contributed by atoms with Gasteiger partial charge in [-0.05, 0) is 19.1 Å². The highest BCUT2D eigenvalue weighted by Gasteiger charge is 2.13. The summed E-state index contributed by atoms with van der Waals surface area (Å²) in [6.45, 7) is 2.09. The Morgan fingerprint density at radius 3 is 2.73 bits per heavy atom. The second-order valence-corrected chi connectivity index (χ2v) is 6.95. The summed E-state index contributed by atoms with van der Waals surface area (Å²) in [5.74, 6) is -0.536. The molecule has 0 fully saturated rings. The number of hydrogen-bond acceptors (Lipinski definition) is 8. The van der Waals surface area contributed by atoms with E-state index in [1.54, 1.807) is 24.7 Å². The second-order valence-electron chi connectivity index (χ2n) is 5.24. The third-order valence-electron chi connectivity index (χ3n) is 3.23. The number of thiazole rings is 2. The lowest BCUT2D eigenvalue weighted by Gasteiger charge is -2.00. The Kier molecular flexibility index (Phi) is 6.03. The number of rotatable bonds is 7. The number of nitrogens with one attached hydrogen (secondary N) is 1. The van der Waals surface area contributed by atoms with Crippen molar-refractivity contribution in [1.82, 2.24) is 15.0 Å². The standard InChI is InChI=1S/C17H16N4O3S2/c1-2-24-15(23)7-13-10-26-17(20-13)21-14(22)6-12-9-25-16(19-12)11-4-3-5-18-8-11/h3-5,8-10H,2,6-7H2,1H3,(H,20,21,22). The molecule has 0 saturated heterocycles. The van der Waals surface area contributed by atoms with Gasteiger partial charge in [0, 0.05) is 28.7 Å². The van der Waals surface area contributed by atoms with Gasteiger partial charge in [0.2, 0.25) is 5.91 Å². The largest absolute Gasteiger partial charge is 0.466 e. The minimum Gasteiger partial charge on any atom is -0.466 e. The maximum absolute atomic E-state index is 12.2. The van der Waals surface area contributed by atoms with Crippen LogP contribution >= 0.6 is 22.7 Å². The van der Waals surface area contributed by atoms with E-state index in [1.165, 1.54) is 22.7 Å². The number of carbonyl (C=O) groups excluding carboxylic acids is 2. The summed E-state index contributed by atoms with van der Waals surface area (Å²) >= 11 is 2.74. The number of aromatic nitrogens is 3. The molecular formula is C17H16N4O3S2. The number of ether oxygens (including phenoxy) is 1. The highest BCUT2D eigenvalue weighted by Crippen LogP contribution is 2.23. The van der Waals surface area contributed by atoms with Crippen LogP contribution in [-0.4, -0.2) is 33.4 Å². The Morgan fingerprint density at radius 2 is 1.96 bits per heavy atom. The molecule has 0 aliphatic carbocycles. The summed E-state index contributed by atoms with van der Waals surface area (Å²) in [5, 5.41) is 7.60. The summed E-state index contributed by atoms with van der Waals surface area (Å²) < 4.78 is 4.88. The third kappa shape index (κ3) is 4.93. The van der Waals surface area contributed by atoms with E-state index in [2.05, 4.69) is 20.3 Å². The van der Waals surface area contributed by atoms with E-state index in [0.717, 1.165) is 10.6 Å². The van der Waals surface area contributed by atoms with Gasteiger partial charge in [-0.15, -0.1) is 22.7 Å². The van der Waals surface area contributed by atoms with Crippen molar-refractivity contribution in [3.63, 3.8) is 0 Å². The van der Waals surface area contributed by atoms with Crippen LogP contribution in [0.2, 0.25) is 0 Å². The molecule has 7 nitrogen and oxygen atoms in total. The topological polar surface area (TPSA) is 94.1 Å². The SMILES string of the molecule is CCOC(=O)Cc1csc(NC(=O)Cc2csc(-c3cccnc3)n2)n1. The summed E-state index contributed by atoms with van der Waals surface area (Å²) in [4.78, 5) is 36.4. The predicted molar refractivity (Wildman–Crippen MR) is 100 cm³/mol. The van der Waals surface area contributed by atoms with E-state index in [4.69, 9.17) is 4.74 Å². The van der Waals surface area contributed by atoms with Gasteiger partial charge in [0.05, 0.1) is 30.8 Å². The van der Waals surface area contributed by atoms with Crippen LogP contribution in [0.25, 0.3) is 10.6 Å². The molecule has 0 atom stereocenters. The molecule has 26 heavy (non-hydrogen) atoms. The molecule has 1 amide bonds. The van der Waals surface area contributed by atoms with Gasteiger partial charge < -0.3 is 10.1 Å². The van der Waals surface area contributed by atoms with Crippen molar-refractivity contribution < 1.29 is 14.3 Å². The lowest BCUT2D eigenvalue weighted by atomic mass is 10.3. The molecule has 0 saturated carbocycles. The highest BCUT2D eigenvalue weighted by molar-refractivity contribution is 7.14. The van der Waals surface area contributed by atoms with Crippen molar-refractivity contribution in [2.45, 2.75) is 19.8 Å². The summed E-state index contributed by atoms with van der Waals surface area (Å²) in [6.07, 6.45) is 3.70. The maximum Gasteiger partial charge on any atom is 0.311 e. The number of nitrogens with zero attached hydrogens (tertiary/aromatic N) is 3. The second kappa shape index (κ2) is 8.63. The smallest absolute Gasteiger partial charge is 0.311 e. The van der Waals surface area contributed by atoms with Crippen molar-refractivity contribution in [3.8, 4) is 10.6 Å². The molecule has 3 aromatic heterocycles. The van der Waals surface area contributed by atoms with Crippen LogP contribution in [0, 0.1) is 0 Å². The molecular weight excluding hydrogens is 372 g/mol. The Balaban J connectivity index is 1.55. The van der Waals surface area contributed by atoms with Crippen molar-refractivity contribution in [2.24, 2.45) is 0 Å². The van der Waals surface area contributed by atoms with Gasteiger partial charge in [-0.3, -0.25) is 14.6 Å². The molecule has 3 rings (SSSR count). The van der Waals surface area contributed by atoms with Crippen molar-refractivity contribution in [1.29, 1.82) is 0 Å². The van der Waals surface area contributed by atoms with E-state index in [0.29, 0.717) is 23.1 Å². The molecule has 0 radical (unpaired) electrons. The molecule has 9 heteroatoms. The first-order chi connectivity index (χ1) is 12.6. The number of amides is 1. The van der Waals surface area contributed by atoms with E-state index in [1.807, 2.05) is 17.5 Å². The van der Waals surface area contributed by atoms with Crippen LogP contribution in [0.4, 0.5) is 5.13 Å². The first-order valence-corrected chi connectivity index (χ1v) is 9.64. The molecule has 3 heterocycles.